The number of Topliss-reactive ketones (excluding diaryl/α,β-unsaturated/α-hetero) is 1. The number of fused-ring (bicyclic) bond motifs is 4. The van der Waals surface area contributed by atoms with Gasteiger partial charge < -0.3 is 49.3 Å². The van der Waals surface area contributed by atoms with Crippen molar-refractivity contribution in [2.75, 3.05) is 25.2 Å². The molecule has 24 heteroatoms. The monoisotopic (exact) mass is 692 g/mol. The Morgan fingerprint density at radius 2 is 1.64 bits per heavy atom. The zero-order valence-corrected chi connectivity index (χ0v) is 24.8. The van der Waals surface area contributed by atoms with Crippen LogP contribution in [-0.2, 0) is 43.9 Å². The predicted molar refractivity (Wildman–Crippen MR) is 157 cm³/mol. The summed E-state index contributed by atoms with van der Waals surface area (Å²) in [6.07, 6.45) is -9.99. The van der Waals surface area contributed by atoms with E-state index < -0.39 is 90.0 Å². The van der Waals surface area contributed by atoms with E-state index in [4.69, 9.17) is 50.8 Å². The number of imidazole rings is 2. The molecule has 45 heavy (non-hydrogen) atoms. The number of hydrogen-bond donors (Lipinski definition) is 4. The summed E-state index contributed by atoms with van der Waals surface area (Å²) in [5.74, 6) is 0.0952. The lowest BCUT2D eigenvalue weighted by molar-refractivity contribution is -0.0571. The van der Waals surface area contributed by atoms with Gasteiger partial charge in [-0.15, -0.1) is 0 Å². The Balaban J connectivity index is 1.15. The van der Waals surface area contributed by atoms with Gasteiger partial charge in [0.25, 0.3) is 0 Å². The number of carbonyl (C=O) groups excluding carboxylic acids is 1. The summed E-state index contributed by atoms with van der Waals surface area (Å²) in [5, 5.41) is 2.96. The number of rotatable bonds is 2. The number of nitrogens with zero attached hydrogens (tertiary/aromatic N) is 6. The normalized spacial score (nSPS) is 40.1. The van der Waals surface area contributed by atoms with Gasteiger partial charge in [-0.3, -0.25) is 18.5 Å². The van der Waals surface area contributed by atoms with Crippen molar-refractivity contribution in [3.8, 4) is 0 Å². The Morgan fingerprint density at radius 3 is 2.38 bits per heavy atom. The lowest BCUT2D eigenvalue weighted by atomic mass is 10.1. The molecule has 5 aliphatic rings. The first-order valence-corrected chi connectivity index (χ1v) is 16.7. The number of anilines is 1. The fourth-order valence-corrected chi connectivity index (χ4v) is 7.65. The first-order chi connectivity index (χ1) is 21.3. The van der Waals surface area contributed by atoms with Crippen molar-refractivity contribution in [2.45, 2.75) is 55.6 Å². The molecule has 0 amide bonds. The minimum absolute atomic E-state index is 0.0115. The fraction of sp³-hybridized carbons (Fsp3) is 0.571. The lowest BCUT2D eigenvalue weighted by Crippen LogP contribution is -2.37. The van der Waals surface area contributed by atoms with Gasteiger partial charge in [-0.1, -0.05) is 0 Å². The summed E-state index contributed by atoms with van der Waals surface area (Å²) in [6, 6.07) is 0. The highest BCUT2D eigenvalue weighted by Gasteiger charge is 2.53. The van der Waals surface area contributed by atoms with E-state index in [-0.39, 0.29) is 36.3 Å². The van der Waals surface area contributed by atoms with Crippen LogP contribution in [0.3, 0.4) is 0 Å². The molecule has 10 atom stereocenters. The molecule has 3 saturated heterocycles. The van der Waals surface area contributed by atoms with E-state index in [1.165, 1.54) is 21.8 Å². The van der Waals surface area contributed by atoms with Crippen molar-refractivity contribution in [1.82, 2.24) is 19.1 Å². The number of ketones is 1. The molecule has 0 saturated carbocycles. The number of alkyl halides is 2. The third-order valence-electron chi connectivity index (χ3n) is 7.45. The highest BCUT2D eigenvalue weighted by Crippen LogP contribution is 2.54. The fourth-order valence-electron chi connectivity index (χ4n) is 5.44. The highest BCUT2D eigenvalue weighted by molar-refractivity contribution is 8.07. The number of ether oxygens (including phenoxy) is 2. The summed E-state index contributed by atoms with van der Waals surface area (Å²) in [6.45, 7) is -5.20. The van der Waals surface area contributed by atoms with Gasteiger partial charge in [0.05, 0.1) is 39.9 Å². The molecule has 0 aromatic carbocycles. The SMILES string of the molecule is [BH3-]P1(=O)OCC2O[C@@H](n3cnc4c3NCN=C4N)[C@H](F)[C@@H]2OP(O)(=S)OC[C@H]2O[C@@H](n3cnc4c3N=C(N)CC4=O)[C@H](F)[C@@H]2O1. The molecule has 244 valence electrons. The molecule has 2 aromatic heterocycles. The Labute approximate surface area is 258 Å². The summed E-state index contributed by atoms with van der Waals surface area (Å²) in [5.41, 5.74) is 11.9. The van der Waals surface area contributed by atoms with E-state index in [9.17, 15) is 14.3 Å². The van der Waals surface area contributed by atoms with Gasteiger partial charge in [0, 0.05) is 0 Å². The van der Waals surface area contributed by atoms with E-state index in [0.29, 0.717) is 11.5 Å². The van der Waals surface area contributed by atoms with Gasteiger partial charge in [-0.05, 0) is 11.8 Å². The molecule has 0 radical (unpaired) electrons. The van der Waals surface area contributed by atoms with Crippen molar-refractivity contribution in [2.24, 2.45) is 21.5 Å². The Bertz CT molecular complexity index is 1710. The van der Waals surface area contributed by atoms with Crippen LogP contribution in [0.1, 0.15) is 35.1 Å². The molecule has 7 heterocycles. The Hall–Kier alpha value is -2.65. The van der Waals surface area contributed by atoms with Crippen molar-refractivity contribution in [3.05, 3.63) is 24.0 Å². The van der Waals surface area contributed by atoms with E-state index in [2.05, 4.69) is 25.3 Å². The van der Waals surface area contributed by atoms with Crippen LogP contribution in [0.25, 0.3) is 0 Å². The summed E-state index contributed by atoms with van der Waals surface area (Å²) in [7, 11) is -5.12. The number of amidine groups is 2. The van der Waals surface area contributed by atoms with E-state index >= 15 is 8.78 Å². The molecule has 5 aliphatic heterocycles. The third kappa shape index (κ3) is 5.56. The van der Waals surface area contributed by atoms with Crippen molar-refractivity contribution in [1.29, 1.82) is 0 Å². The second-order valence-electron chi connectivity index (χ2n) is 10.2. The molecule has 18 nitrogen and oxygen atoms in total. The standard InChI is InChI=1S/C21H27BF2N9O9P2S/c22-43(35)37-2-8-16(12(24)20(39-8)32-6-30-14-17(26)27-4-28-18(14)32)42-44(36,45)38-3-9-15(41-43)11(23)21(40-9)33-5-29-13-7(34)1-10(25)31-19(13)33/h5-6,8-9,11-12,15-16,20-21,28H,1-4H2,22H3,(H2,25,31)(H2,26,27)(H,36,45)/q-1/t8?,9-,11-,12-,15-,16-,20-,21-,43?,44?/m1/s1. The van der Waals surface area contributed by atoms with Gasteiger partial charge in [0.15, 0.2) is 42.1 Å². The van der Waals surface area contributed by atoms with Gasteiger partial charge in [0.1, 0.15) is 61.7 Å². The predicted octanol–water partition coefficient (Wildman–Crippen LogP) is -0.578. The zero-order chi connectivity index (χ0) is 31.8. The number of nitrogens with two attached hydrogens (primary N) is 2. The van der Waals surface area contributed by atoms with Crippen LogP contribution < -0.4 is 16.8 Å². The van der Waals surface area contributed by atoms with Crippen LogP contribution in [0.2, 0.25) is 0 Å². The van der Waals surface area contributed by atoms with Crippen LogP contribution in [0.4, 0.5) is 20.4 Å². The molecule has 7 rings (SSSR count). The smallest absolute Gasteiger partial charge is 0.325 e. The number of aromatic nitrogens is 4. The topological polar surface area (TPSA) is 234 Å². The van der Waals surface area contributed by atoms with Gasteiger partial charge in [-0.2, -0.15) is 0 Å². The average molecular weight is 692 g/mol. The van der Waals surface area contributed by atoms with Gasteiger partial charge in [0.2, 0.25) is 0 Å². The summed E-state index contributed by atoms with van der Waals surface area (Å²) in [4.78, 5) is 39.7. The minimum atomic E-state index is -4.23. The molecule has 6 N–H and O–H groups in total. The van der Waals surface area contributed by atoms with E-state index in [1.807, 2.05) is 0 Å². The Kier molecular flexibility index (Phi) is 7.75. The van der Waals surface area contributed by atoms with Crippen LogP contribution in [0.5, 0.6) is 0 Å². The largest absolute Gasteiger partial charge is 0.387 e. The van der Waals surface area contributed by atoms with Crippen LogP contribution in [-0.4, -0.2) is 106 Å². The van der Waals surface area contributed by atoms with E-state index in [0.717, 1.165) is 0 Å². The first kappa shape index (κ1) is 31.0. The lowest BCUT2D eigenvalue weighted by Gasteiger charge is -2.31. The number of hydrogen-bond acceptors (Lipinski definition) is 16. The van der Waals surface area contributed by atoms with Crippen molar-refractivity contribution < 1.29 is 50.6 Å². The average Bonchev–Trinajstić information content (AvgIpc) is 3.72. The number of nitrogens with one attached hydrogen (secondary N) is 1. The molecular weight excluding hydrogens is 665 g/mol. The van der Waals surface area contributed by atoms with Crippen LogP contribution in [0.15, 0.2) is 22.6 Å². The van der Waals surface area contributed by atoms with Gasteiger partial charge in [-0.25, -0.2) is 28.7 Å². The molecule has 0 bridgehead atoms. The Morgan fingerprint density at radius 1 is 1.02 bits per heavy atom. The third-order valence-corrected chi connectivity index (χ3v) is 9.78. The zero-order valence-electron chi connectivity index (χ0n) is 22.2. The van der Waals surface area contributed by atoms with Crippen molar-refractivity contribution >= 4 is 62.7 Å². The number of carbonyl (C=O) groups is 1. The molecule has 0 aliphatic carbocycles. The summed E-state index contributed by atoms with van der Waals surface area (Å²) >= 11 is 5.18. The maximum Gasteiger partial charge on any atom is 0.325 e. The second-order valence-corrected chi connectivity index (χ2v) is 13.9. The number of aliphatic imine (C=N–C) groups is 2. The maximum atomic E-state index is 16.1. The van der Waals surface area contributed by atoms with E-state index in [1.54, 1.807) is 0 Å². The van der Waals surface area contributed by atoms with Gasteiger partial charge >= 0.3 is 6.72 Å². The molecule has 3 unspecified atom stereocenters. The second kappa shape index (κ2) is 11.3. The first-order valence-electron chi connectivity index (χ1n) is 13.1. The number of halogens is 2. The summed E-state index contributed by atoms with van der Waals surface area (Å²) < 4.78 is 82.6. The molecule has 3 fully saturated rings. The molecular formula is C21H27BF2N9O9P2S-. The quantitative estimate of drug-likeness (QED) is 0.228. The van der Waals surface area contributed by atoms with Crippen LogP contribution in [0, 0.1) is 0 Å². The molecule has 0 spiro atoms. The minimum Gasteiger partial charge on any atom is -0.387 e. The van der Waals surface area contributed by atoms with Crippen LogP contribution >= 0.6 is 14.2 Å². The molecule has 2 aromatic rings. The maximum absolute atomic E-state index is 16.1. The highest BCUT2D eigenvalue weighted by atomic mass is 32.5. The van der Waals surface area contributed by atoms with Crippen molar-refractivity contribution in [3.63, 3.8) is 0 Å².